The molecule has 1 aromatic rings. The lowest BCUT2D eigenvalue weighted by molar-refractivity contribution is -0.122. The van der Waals surface area contributed by atoms with E-state index in [2.05, 4.69) is 36.2 Å². The molecule has 0 aromatic heterocycles. The van der Waals surface area contributed by atoms with Crippen LogP contribution in [0.4, 0.5) is 0 Å². The monoisotopic (exact) mass is 358 g/mol. The first-order chi connectivity index (χ1) is 12.5. The molecule has 1 aliphatic carbocycles. The van der Waals surface area contributed by atoms with E-state index in [0.29, 0.717) is 12.3 Å². The van der Waals surface area contributed by atoms with E-state index in [1.165, 1.54) is 30.5 Å². The maximum Gasteiger partial charge on any atom is 0.220 e. The fourth-order valence-electron chi connectivity index (χ4n) is 4.67. The quantitative estimate of drug-likeness (QED) is 0.842. The summed E-state index contributed by atoms with van der Waals surface area (Å²) in [4.78, 5) is 15.1. The minimum atomic E-state index is 0.191. The zero-order valence-corrected chi connectivity index (χ0v) is 16.6. The molecule has 0 saturated carbocycles. The van der Waals surface area contributed by atoms with Gasteiger partial charge in [0.1, 0.15) is 5.75 Å². The smallest absolute Gasteiger partial charge is 0.220 e. The third-order valence-corrected chi connectivity index (χ3v) is 5.90. The van der Waals surface area contributed by atoms with E-state index in [1.54, 1.807) is 7.11 Å². The summed E-state index contributed by atoms with van der Waals surface area (Å²) in [5.41, 5.74) is 2.69. The molecule has 4 nitrogen and oxygen atoms in total. The number of ether oxygens (including phenoxy) is 1. The molecule has 3 atom stereocenters. The number of fused-ring (bicyclic) bond motifs is 1. The standard InChI is InChI=1S/C22H34N2O2/c1-16-6-5-11-24(14-16)15-17(2)23-22(25)13-19-8-4-7-18-12-20(26-3)9-10-21(18)19/h9-10,12,16-17,19H,4-8,11,13-15H2,1-3H3,(H,23,25)/t16-,17+,19-/m1/s1. The maximum absolute atomic E-state index is 12.6. The Morgan fingerprint density at radius 3 is 2.96 bits per heavy atom. The molecule has 1 amide bonds. The van der Waals surface area contributed by atoms with Gasteiger partial charge in [-0.2, -0.15) is 0 Å². The van der Waals surface area contributed by atoms with Crippen LogP contribution < -0.4 is 10.1 Å². The largest absolute Gasteiger partial charge is 0.497 e. The predicted octanol–water partition coefficient (Wildman–Crippen LogP) is 3.74. The van der Waals surface area contributed by atoms with Crippen LogP contribution in [0.2, 0.25) is 0 Å². The molecule has 2 aliphatic rings. The number of piperidine rings is 1. The molecule has 1 aliphatic heterocycles. The van der Waals surface area contributed by atoms with Gasteiger partial charge < -0.3 is 15.0 Å². The van der Waals surface area contributed by atoms with Crippen LogP contribution in [0.1, 0.15) is 63.0 Å². The van der Waals surface area contributed by atoms with Gasteiger partial charge in [-0.05, 0) is 80.7 Å². The van der Waals surface area contributed by atoms with E-state index in [1.807, 2.05) is 6.07 Å². The second-order valence-electron chi connectivity index (χ2n) is 8.33. The summed E-state index contributed by atoms with van der Waals surface area (Å²) in [5, 5.41) is 3.24. The lowest BCUT2D eigenvalue weighted by Gasteiger charge is -2.33. The topological polar surface area (TPSA) is 41.6 Å². The van der Waals surface area contributed by atoms with E-state index in [9.17, 15) is 4.79 Å². The van der Waals surface area contributed by atoms with Gasteiger partial charge >= 0.3 is 0 Å². The molecule has 1 aromatic carbocycles. The average Bonchev–Trinajstić information content (AvgIpc) is 2.61. The Morgan fingerprint density at radius 2 is 2.19 bits per heavy atom. The summed E-state index contributed by atoms with van der Waals surface area (Å²) in [6, 6.07) is 6.53. The van der Waals surface area contributed by atoms with Gasteiger partial charge in [-0.15, -0.1) is 0 Å². The van der Waals surface area contributed by atoms with Gasteiger partial charge in [0.15, 0.2) is 0 Å². The highest BCUT2D eigenvalue weighted by Gasteiger charge is 2.24. The summed E-state index contributed by atoms with van der Waals surface area (Å²) in [7, 11) is 1.71. The molecule has 0 bridgehead atoms. The number of hydrogen-bond acceptors (Lipinski definition) is 3. The molecular formula is C22H34N2O2. The van der Waals surface area contributed by atoms with Gasteiger partial charge in [0, 0.05) is 25.6 Å². The summed E-state index contributed by atoms with van der Waals surface area (Å²) in [6.45, 7) is 7.76. The van der Waals surface area contributed by atoms with Crippen LogP contribution in [0.25, 0.3) is 0 Å². The van der Waals surface area contributed by atoms with Crippen molar-refractivity contribution in [3.8, 4) is 5.75 Å². The van der Waals surface area contributed by atoms with Crippen LogP contribution in [0.5, 0.6) is 5.75 Å². The van der Waals surface area contributed by atoms with Crippen molar-refractivity contribution in [1.82, 2.24) is 10.2 Å². The zero-order valence-electron chi connectivity index (χ0n) is 16.6. The van der Waals surface area contributed by atoms with E-state index in [4.69, 9.17) is 4.74 Å². The molecule has 0 radical (unpaired) electrons. The third kappa shape index (κ3) is 5.00. The number of nitrogens with one attached hydrogen (secondary N) is 1. The highest BCUT2D eigenvalue weighted by atomic mass is 16.5. The van der Waals surface area contributed by atoms with Crippen molar-refractivity contribution in [2.45, 2.75) is 64.3 Å². The fraction of sp³-hybridized carbons (Fsp3) is 0.682. The third-order valence-electron chi connectivity index (χ3n) is 5.90. The van der Waals surface area contributed by atoms with Crippen molar-refractivity contribution in [1.29, 1.82) is 0 Å². The van der Waals surface area contributed by atoms with Gasteiger partial charge in [0.25, 0.3) is 0 Å². The lowest BCUT2D eigenvalue weighted by atomic mass is 9.81. The minimum absolute atomic E-state index is 0.191. The Kier molecular flexibility index (Phi) is 6.58. The van der Waals surface area contributed by atoms with Crippen molar-refractivity contribution < 1.29 is 9.53 Å². The molecule has 144 valence electrons. The lowest BCUT2D eigenvalue weighted by Crippen LogP contribution is -2.45. The number of rotatable bonds is 6. The Morgan fingerprint density at radius 1 is 1.35 bits per heavy atom. The molecule has 0 unspecified atom stereocenters. The van der Waals surface area contributed by atoms with Gasteiger partial charge in [-0.1, -0.05) is 13.0 Å². The Balaban J connectivity index is 1.52. The van der Waals surface area contributed by atoms with Crippen molar-refractivity contribution in [2.75, 3.05) is 26.7 Å². The number of amides is 1. The average molecular weight is 359 g/mol. The molecule has 26 heavy (non-hydrogen) atoms. The summed E-state index contributed by atoms with van der Waals surface area (Å²) in [5.74, 6) is 2.23. The van der Waals surface area contributed by atoms with E-state index < -0.39 is 0 Å². The van der Waals surface area contributed by atoms with Crippen LogP contribution >= 0.6 is 0 Å². The van der Waals surface area contributed by atoms with E-state index in [-0.39, 0.29) is 11.9 Å². The number of likely N-dealkylation sites (tertiary alicyclic amines) is 1. The highest BCUT2D eigenvalue weighted by molar-refractivity contribution is 5.77. The number of carbonyl (C=O) groups excluding carboxylic acids is 1. The Labute approximate surface area is 158 Å². The molecule has 4 heteroatoms. The van der Waals surface area contributed by atoms with Crippen LogP contribution in [0.15, 0.2) is 18.2 Å². The second-order valence-corrected chi connectivity index (χ2v) is 8.33. The van der Waals surface area contributed by atoms with Crippen molar-refractivity contribution in [3.63, 3.8) is 0 Å². The fourth-order valence-corrected chi connectivity index (χ4v) is 4.67. The SMILES string of the molecule is COc1ccc2c(c1)CCC[C@@H]2CC(=O)N[C@@H](C)CN1CCC[C@@H](C)C1. The van der Waals surface area contributed by atoms with Crippen molar-refractivity contribution in [2.24, 2.45) is 5.92 Å². The number of carbonyl (C=O) groups is 1. The first kappa shape index (κ1) is 19.2. The van der Waals surface area contributed by atoms with E-state index in [0.717, 1.165) is 44.0 Å². The van der Waals surface area contributed by atoms with E-state index >= 15 is 0 Å². The first-order valence-electron chi connectivity index (χ1n) is 10.2. The molecule has 0 spiro atoms. The number of benzene rings is 1. The summed E-state index contributed by atoms with van der Waals surface area (Å²) in [6.07, 6.45) is 6.56. The number of hydrogen-bond donors (Lipinski definition) is 1. The summed E-state index contributed by atoms with van der Waals surface area (Å²) < 4.78 is 5.34. The molecule has 1 heterocycles. The zero-order chi connectivity index (χ0) is 18.5. The molecule has 1 fully saturated rings. The number of aryl methyl sites for hydroxylation is 1. The minimum Gasteiger partial charge on any atom is -0.497 e. The highest BCUT2D eigenvalue weighted by Crippen LogP contribution is 2.35. The van der Waals surface area contributed by atoms with Gasteiger partial charge in [-0.25, -0.2) is 0 Å². The van der Waals surface area contributed by atoms with Crippen LogP contribution in [0, 0.1) is 5.92 Å². The summed E-state index contributed by atoms with van der Waals surface area (Å²) >= 11 is 0. The molecule has 1 N–H and O–H groups in total. The first-order valence-corrected chi connectivity index (χ1v) is 10.2. The second kappa shape index (κ2) is 8.90. The van der Waals surface area contributed by atoms with Crippen LogP contribution in [0.3, 0.4) is 0 Å². The van der Waals surface area contributed by atoms with Gasteiger partial charge in [0.05, 0.1) is 7.11 Å². The maximum atomic E-state index is 12.6. The number of nitrogens with zero attached hydrogens (tertiary/aromatic N) is 1. The number of methoxy groups -OCH3 is 1. The van der Waals surface area contributed by atoms with Gasteiger partial charge in [0.2, 0.25) is 5.91 Å². The van der Waals surface area contributed by atoms with Gasteiger partial charge in [-0.3, -0.25) is 4.79 Å². The van der Waals surface area contributed by atoms with Crippen LogP contribution in [-0.2, 0) is 11.2 Å². The predicted molar refractivity (Wildman–Crippen MR) is 106 cm³/mol. The normalized spacial score (nSPS) is 24.6. The molecule has 3 rings (SSSR count). The Bertz CT molecular complexity index is 616. The Hall–Kier alpha value is -1.55. The van der Waals surface area contributed by atoms with Crippen LogP contribution in [-0.4, -0.2) is 43.6 Å². The molecular weight excluding hydrogens is 324 g/mol. The van der Waals surface area contributed by atoms with Crippen molar-refractivity contribution >= 4 is 5.91 Å². The molecule has 1 saturated heterocycles. The van der Waals surface area contributed by atoms with Crippen molar-refractivity contribution in [3.05, 3.63) is 29.3 Å².